The van der Waals surface area contributed by atoms with Gasteiger partial charge >= 0.3 is 6.18 Å². The molecule has 0 amide bonds. The Morgan fingerprint density at radius 2 is 1.81 bits per heavy atom. The molecule has 5 heteroatoms. The van der Waals surface area contributed by atoms with Gasteiger partial charge in [-0.05, 0) is 30.7 Å². The third-order valence-electron chi connectivity index (χ3n) is 3.24. The van der Waals surface area contributed by atoms with Gasteiger partial charge in [0.05, 0.1) is 5.56 Å². The predicted octanol–water partition coefficient (Wildman–Crippen LogP) is 4.23. The number of aryl methyl sites for hydroxylation is 1. The van der Waals surface area contributed by atoms with E-state index >= 15 is 0 Å². The zero-order chi connectivity index (χ0) is 15.6. The van der Waals surface area contributed by atoms with Crippen LogP contribution in [0.25, 0.3) is 0 Å². The van der Waals surface area contributed by atoms with E-state index in [9.17, 15) is 13.2 Å². The van der Waals surface area contributed by atoms with Gasteiger partial charge in [-0.25, -0.2) is 0 Å². The summed E-state index contributed by atoms with van der Waals surface area (Å²) in [5.41, 5.74) is 7.04. The first kappa shape index (κ1) is 15.2. The first-order valence-corrected chi connectivity index (χ1v) is 6.51. The van der Waals surface area contributed by atoms with Crippen LogP contribution in [0.15, 0.2) is 42.5 Å². The number of nitrogens with zero attached hydrogens (tertiary/aromatic N) is 1. The second kappa shape index (κ2) is 5.68. The van der Waals surface area contributed by atoms with Gasteiger partial charge in [-0.3, -0.25) is 0 Å². The van der Waals surface area contributed by atoms with Gasteiger partial charge < -0.3 is 10.6 Å². The Labute approximate surface area is 122 Å². The highest BCUT2D eigenvalue weighted by Crippen LogP contribution is 2.37. The molecule has 0 aliphatic carbocycles. The van der Waals surface area contributed by atoms with Crippen molar-refractivity contribution in [2.24, 2.45) is 0 Å². The van der Waals surface area contributed by atoms with Gasteiger partial charge in [-0.1, -0.05) is 29.8 Å². The van der Waals surface area contributed by atoms with Crippen molar-refractivity contribution in [1.82, 2.24) is 0 Å². The highest BCUT2D eigenvalue weighted by atomic mass is 19.4. The molecule has 21 heavy (non-hydrogen) atoms. The summed E-state index contributed by atoms with van der Waals surface area (Å²) >= 11 is 0. The first-order valence-electron chi connectivity index (χ1n) is 6.51. The average molecular weight is 294 g/mol. The summed E-state index contributed by atoms with van der Waals surface area (Å²) < 4.78 is 39.3. The van der Waals surface area contributed by atoms with Gasteiger partial charge in [-0.2, -0.15) is 13.2 Å². The average Bonchev–Trinajstić information content (AvgIpc) is 2.37. The van der Waals surface area contributed by atoms with E-state index in [0.29, 0.717) is 6.54 Å². The van der Waals surface area contributed by atoms with Crippen LogP contribution < -0.4 is 10.6 Å². The Morgan fingerprint density at radius 3 is 2.43 bits per heavy atom. The lowest BCUT2D eigenvalue weighted by atomic mass is 10.1. The zero-order valence-electron chi connectivity index (χ0n) is 11.9. The van der Waals surface area contributed by atoms with Crippen molar-refractivity contribution < 1.29 is 13.2 Å². The van der Waals surface area contributed by atoms with Crippen LogP contribution in [0, 0.1) is 6.92 Å². The maximum Gasteiger partial charge on any atom is 0.418 e. The summed E-state index contributed by atoms with van der Waals surface area (Å²) in [6, 6.07) is 11.6. The van der Waals surface area contributed by atoms with Gasteiger partial charge in [0.2, 0.25) is 0 Å². The Bertz CT molecular complexity index is 636. The van der Waals surface area contributed by atoms with Crippen molar-refractivity contribution in [2.75, 3.05) is 17.7 Å². The predicted molar refractivity (Wildman–Crippen MR) is 79.1 cm³/mol. The highest BCUT2D eigenvalue weighted by molar-refractivity contribution is 5.60. The van der Waals surface area contributed by atoms with Crippen LogP contribution >= 0.6 is 0 Å². The highest BCUT2D eigenvalue weighted by Gasteiger charge is 2.34. The molecule has 0 spiro atoms. The summed E-state index contributed by atoms with van der Waals surface area (Å²) in [5, 5.41) is 0. The summed E-state index contributed by atoms with van der Waals surface area (Å²) in [5.74, 6) is 0. The molecule has 0 atom stereocenters. The van der Waals surface area contributed by atoms with Crippen molar-refractivity contribution in [3.05, 3.63) is 59.2 Å². The zero-order valence-corrected chi connectivity index (χ0v) is 11.9. The molecule has 0 fully saturated rings. The minimum atomic E-state index is -4.43. The molecule has 0 aliphatic rings. The normalized spacial score (nSPS) is 11.5. The molecule has 112 valence electrons. The van der Waals surface area contributed by atoms with E-state index in [-0.39, 0.29) is 11.4 Å². The molecule has 2 aromatic rings. The third kappa shape index (κ3) is 3.68. The second-order valence-corrected chi connectivity index (χ2v) is 5.12. The molecule has 0 aromatic heterocycles. The lowest BCUT2D eigenvalue weighted by molar-refractivity contribution is -0.137. The fraction of sp³-hybridized carbons (Fsp3) is 0.250. The van der Waals surface area contributed by atoms with Gasteiger partial charge in [0.25, 0.3) is 0 Å². The summed E-state index contributed by atoms with van der Waals surface area (Å²) in [7, 11) is 1.64. The minimum Gasteiger partial charge on any atom is -0.399 e. The number of anilines is 2. The number of halogens is 3. The number of nitrogens with two attached hydrogens (primary N) is 1. The van der Waals surface area contributed by atoms with Gasteiger partial charge in [0.15, 0.2) is 0 Å². The second-order valence-electron chi connectivity index (χ2n) is 5.12. The molecule has 0 saturated carbocycles. The van der Waals surface area contributed by atoms with Crippen LogP contribution in [0.5, 0.6) is 0 Å². The molecule has 2 aromatic carbocycles. The molecular formula is C16H17F3N2. The Kier molecular flexibility index (Phi) is 4.11. The Morgan fingerprint density at radius 1 is 1.10 bits per heavy atom. The quantitative estimate of drug-likeness (QED) is 0.858. The molecule has 0 aliphatic heterocycles. The first-order chi connectivity index (χ1) is 9.77. The molecule has 2 nitrogen and oxygen atoms in total. The van der Waals surface area contributed by atoms with E-state index in [1.807, 2.05) is 31.2 Å². The van der Waals surface area contributed by atoms with Gasteiger partial charge in [-0.15, -0.1) is 0 Å². The molecule has 0 bridgehead atoms. The fourth-order valence-electron chi connectivity index (χ4n) is 2.28. The number of benzene rings is 2. The SMILES string of the molecule is Cc1cccc(CN(C)c2ccc(N)cc2C(F)(F)F)c1. The van der Waals surface area contributed by atoms with Gasteiger partial charge in [0, 0.05) is 25.0 Å². The standard InChI is InChI=1S/C16H17F3N2/c1-11-4-3-5-12(8-11)10-21(2)15-7-6-13(20)9-14(15)16(17,18)19/h3-9H,10,20H2,1-2H3. The lowest BCUT2D eigenvalue weighted by Gasteiger charge is -2.24. The molecule has 0 saturated heterocycles. The van der Waals surface area contributed by atoms with Crippen LogP contribution in [0.1, 0.15) is 16.7 Å². The molecule has 0 radical (unpaired) electrons. The van der Waals surface area contributed by atoms with E-state index in [1.54, 1.807) is 11.9 Å². The number of hydrogen-bond donors (Lipinski definition) is 1. The van der Waals surface area contributed by atoms with Crippen molar-refractivity contribution >= 4 is 11.4 Å². The van der Waals surface area contributed by atoms with E-state index < -0.39 is 11.7 Å². The Hall–Kier alpha value is -2.17. The van der Waals surface area contributed by atoms with Crippen molar-refractivity contribution in [3.8, 4) is 0 Å². The molecule has 2 N–H and O–H groups in total. The monoisotopic (exact) mass is 294 g/mol. The maximum atomic E-state index is 13.1. The van der Waals surface area contributed by atoms with E-state index in [0.717, 1.165) is 17.2 Å². The van der Waals surface area contributed by atoms with Crippen molar-refractivity contribution in [1.29, 1.82) is 0 Å². The number of hydrogen-bond acceptors (Lipinski definition) is 2. The number of alkyl halides is 3. The molecule has 0 heterocycles. The van der Waals surface area contributed by atoms with Crippen molar-refractivity contribution in [3.63, 3.8) is 0 Å². The minimum absolute atomic E-state index is 0.107. The topological polar surface area (TPSA) is 29.3 Å². The van der Waals surface area contributed by atoms with E-state index in [2.05, 4.69) is 0 Å². The van der Waals surface area contributed by atoms with E-state index in [1.165, 1.54) is 12.1 Å². The summed E-state index contributed by atoms with van der Waals surface area (Å²) in [6.45, 7) is 2.35. The summed E-state index contributed by atoms with van der Waals surface area (Å²) in [6.07, 6.45) is -4.43. The Balaban J connectivity index is 2.33. The molecule has 2 rings (SSSR count). The maximum absolute atomic E-state index is 13.1. The van der Waals surface area contributed by atoms with Crippen molar-refractivity contribution in [2.45, 2.75) is 19.6 Å². The van der Waals surface area contributed by atoms with Crippen LogP contribution in [-0.2, 0) is 12.7 Å². The van der Waals surface area contributed by atoms with Crippen LogP contribution in [0.3, 0.4) is 0 Å². The third-order valence-corrected chi connectivity index (χ3v) is 3.24. The smallest absolute Gasteiger partial charge is 0.399 e. The largest absolute Gasteiger partial charge is 0.418 e. The van der Waals surface area contributed by atoms with E-state index in [4.69, 9.17) is 5.73 Å². The molecule has 0 unspecified atom stereocenters. The summed E-state index contributed by atoms with van der Waals surface area (Å²) in [4.78, 5) is 1.58. The molecular weight excluding hydrogens is 277 g/mol. The number of rotatable bonds is 3. The van der Waals surface area contributed by atoms with Crippen LogP contribution in [-0.4, -0.2) is 7.05 Å². The van der Waals surface area contributed by atoms with Crippen LogP contribution in [0.4, 0.5) is 24.5 Å². The number of nitrogen functional groups attached to an aromatic ring is 1. The lowest BCUT2D eigenvalue weighted by Crippen LogP contribution is -2.21. The van der Waals surface area contributed by atoms with Crippen LogP contribution in [0.2, 0.25) is 0 Å². The van der Waals surface area contributed by atoms with Gasteiger partial charge in [0.1, 0.15) is 0 Å². The fourth-order valence-corrected chi connectivity index (χ4v) is 2.28.